The Bertz CT molecular complexity index is 1180. The highest BCUT2D eigenvalue weighted by molar-refractivity contribution is 6.02. The lowest BCUT2D eigenvalue weighted by Gasteiger charge is -2.08. The monoisotopic (exact) mass is 396 g/mol. The van der Waals surface area contributed by atoms with E-state index in [4.69, 9.17) is 0 Å². The zero-order chi connectivity index (χ0) is 20.9. The molecule has 0 saturated carbocycles. The molecule has 0 fully saturated rings. The highest BCUT2D eigenvalue weighted by atomic mass is 16.2. The predicted octanol–water partition coefficient (Wildman–Crippen LogP) is 3.92. The molecule has 0 aliphatic carbocycles. The van der Waals surface area contributed by atoms with Crippen LogP contribution in [0.4, 0.5) is 0 Å². The molecule has 0 saturated heterocycles. The van der Waals surface area contributed by atoms with Gasteiger partial charge < -0.3 is 0 Å². The van der Waals surface area contributed by atoms with Crippen molar-refractivity contribution in [3.63, 3.8) is 0 Å². The van der Waals surface area contributed by atoms with Gasteiger partial charge >= 0.3 is 0 Å². The molecule has 2 N–H and O–H groups in total. The van der Waals surface area contributed by atoms with Crippen LogP contribution in [-0.4, -0.2) is 21.6 Å². The molecule has 4 aromatic rings. The first-order chi connectivity index (χ1) is 14.6. The Hall–Kier alpha value is -4.19. The fourth-order valence-electron chi connectivity index (χ4n) is 3.10. The lowest BCUT2D eigenvalue weighted by molar-refractivity contribution is 0.0847. The lowest BCUT2D eigenvalue weighted by atomic mass is 10.1. The van der Waals surface area contributed by atoms with E-state index in [-0.39, 0.29) is 5.91 Å². The Morgan fingerprint density at radius 2 is 1.47 bits per heavy atom. The van der Waals surface area contributed by atoms with Crippen LogP contribution in [0.2, 0.25) is 0 Å². The number of aryl methyl sites for hydroxylation is 1. The van der Waals surface area contributed by atoms with Crippen LogP contribution < -0.4 is 10.9 Å². The first-order valence-corrected chi connectivity index (χ1v) is 9.50. The van der Waals surface area contributed by atoms with E-state index in [1.807, 2.05) is 73.7 Å². The maximum atomic E-state index is 12.9. The van der Waals surface area contributed by atoms with Gasteiger partial charge in [0.15, 0.2) is 0 Å². The van der Waals surface area contributed by atoms with Crippen molar-refractivity contribution < 1.29 is 9.59 Å². The molecule has 0 unspecified atom stereocenters. The normalized spacial score (nSPS) is 10.4. The number of nitrogens with one attached hydrogen (secondary N) is 2. The van der Waals surface area contributed by atoms with Crippen LogP contribution in [0.1, 0.15) is 26.3 Å². The number of aromatic nitrogens is 2. The topological polar surface area (TPSA) is 76.0 Å². The number of nitrogens with zero attached hydrogens (tertiary/aromatic N) is 2. The summed E-state index contributed by atoms with van der Waals surface area (Å²) < 4.78 is 1.65. The smallest absolute Gasteiger partial charge is 0.267 e. The number of rotatable bonds is 4. The van der Waals surface area contributed by atoms with Crippen molar-refractivity contribution >= 4 is 11.8 Å². The fourth-order valence-corrected chi connectivity index (χ4v) is 3.10. The fraction of sp³-hybridized carbons (Fsp3) is 0.0417. The Morgan fingerprint density at radius 3 is 2.17 bits per heavy atom. The van der Waals surface area contributed by atoms with Crippen molar-refractivity contribution in [1.82, 2.24) is 20.6 Å². The summed E-state index contributed by atoms with van der Waals surface area (Å²) in [7, 11) is 0. The van der Waals surface area contributed by atoms with Gasteiger partial charge in [0.05, 0.1) is 11.3 Å². The van der Waals surface area contributed by atoms with Gasteiger partial charge in [0.2, 0.25) is 0 Å². The van der Waals surface area contributed by atoms with Crippen molar-refractivity contribution in [3.8, 4) is 16.9 Å². The number of para-hydroxylation sites is 1. The summed E-state index contributed by atoms with van der Waals surface area (Å²) in [6, 6.07) is 26.1. The van der Waals surface area contributed by atoms with Crippen LogP contribution in [0.25, 0.3) is 16.9 Å². The number of benzene rings is 3. The average Bonchev–Trinajstić information content (AvgIpc) is 3.24. The molecule has 148 valence electrons. The van der Waals surface area contributed by atoms with Gasteiger partial charge in [0.25, 0.3) is 11.8 Å². The molecular formula is C24H20N4O2. The number of hydrazine groups is 1. The Labute approximate surface area is 174 Å². The Kier molecular flexibility index (Phi) is 5.39. The first-order valence-electron chi connectivity index (χ1n) is 9.50. The molecule has 2 amide bonds. The van der Waals surface area contributed by atoms with Gasteiger partial charge in [-0.15, -0.1) is 0 Å². The standard InChI is InChI=1S/C24H20N4O2/c1-17-9-8-12-19(15-17)23(29)25-26-24(30)21-16-28(20-13-6-3-7-14-20)27-22(21)18-10-4-2-5-11-18/h2-16H,1H3,(H,25,29)(H,26,30). The number of hydrogen-bond donors (Lipinski definition) is 2. The number of carbonyl (C=O) groups is 2. The van der Waals surface area contributed by atoms with Crippen LogP contribution in [0.5, 0.6) is 0 Å². The van der Waals surface area contributed by atoms with Crippen LogP contribution in [0.15, 0.2) is 91.1 Å². The van der Waals surface area contributed by atoms with E-state index in [1.165, 1.54) is 0 Å². The van der Waals surface area contributed by atoms with E-state index in [0.717, 1.165) is 16.8 Å². The number of amides is 2. The van der Waals surface area contributed by atoms with Gasteiger partial charge in [-0.3, -0.25) is 20.4 Å². The summed E-state index contributed by atoms with van der Waals surface area (Å²) >= 11 is 0. The van der Waals surface area contributed by atoms with Gasteiger partial charge in [-0.05, 0) is 31.2 Å². The van der Waals surface area contributed by atoms with Gasteiger partial charge in [0.1, 0.15) is 5.69 Å². The summed E-state index contributed by atoms with van der Waals surface area (Å²) in [5, 5.41) is 4.61. The van der Waals surface area contributed by atoms with Gasteiger partial charge in [-0.25, -0.2) is 4.68 Å². The van der Waals surface area contributed by atoms with Crippen molar-refractivity contribution in [1.29, 1.82) is 0 Å². The van der Waals surface area contributed by atoms with E-state index in [9.17, 15) is 9.59 Å². The highest BCUT2D eigenvalue weighted by Gasteiger charge is 2.19. The van der Waals surface area contributed by atoms with Crippen LogP contribution in [-0.2, 0) is 0 Å². The van der Waals surface area contributed by atoms with Gasteiger partial charge in [0, 0.05) is 17.3 Å². The Balaban J connectivity index is 1.61. The first kappa shape index (κ1) is 19.1. The molecule has 0 bridgehead atoms. The number of hydrogen-bond acceptors (Lipinski definition) is 3. The number of carbonyl (C=O) groups excluding carboxylic acids is 2. The predicted molar refractivity (Wildman–Crippen MR) is 115 cm³/mol. The third kappa shape index (κ3) is 4.12. The lowest BCUT2D eigenvalue weighted by Crippen LogP contribution is -2.41. The van der Waals surface area contributed by atoms with Crippen molar-refractivity contribution in [2.45, 2.75) is 6.92 Å². The SMILES string of the molecule is Cc1cccc(C(=O)NNC(=O)c2cn(-c3ccccc3)nc2-c2ccccc2)c1. The van der Waals surface area contributed by atoms with Crippen molar-refractivity contribution in [3.05, 3.63) is 108 Å². The van der Waals surface area contributed by atoms with E-state index in [0.29, 0.717) is 16.8 Å². The minimum Gasteiger partial charge on any atom is -0.267 e. The molecule has 0 atom stereocenters. The van der Waals surface area contributed by atoms with E-state index in [2.05, 4.69) is 16.0 Å². The summed E-state index contributed by atoms with van der Waals surface area (Å²) in [6.45, 7) is 1.90. The van der Waals surface area contributed by atoms with Crippen molar-refractivity contribution in [2.24, 2.45) is 0 Å². The second kappa shape index (κ2) is 8.45. The molecule has 1 heterocycles. The molecule has 6 heteroatoms. The molecule has 0 spiro atoms. The molecular weight excluding hydrogens is 376 g/mol. The highest BCUT2D eigenvalue weighted by Crippen LogP contribution is 2.23. The third-order valence-corrected chi connectivity index (χ3v) is 4.60. The second-order valence-corrected chi connectivity index (χ2v) is 6.82. The summed E-state index contributed by atoms with van der Waals surface area (Å²) in [5.74, 6) is -0.833. The van der Waals surface area contributed by atoms with E-state index >= 15 is 0 Å². The van der Waals surface area contributed by atoms with E-state index < -0.39 is 5.91 Å². The molecule has 30 heavy (non-hydrogen) atoms. The third-order valence-electron chi connectivity index (χ3n) is 4.60. The molecule has 6 nitrogen and oxygen atoms in total. The van der Waals surface area contributed by atoms with Gasteiger partial charge in [-0.2, -0.15) is 5.10 Å². The maximum Gasteiger partial charge on any atom is 0.273 e. The summed E-state index contributed by atoms with van der Waals surface area (Å²) in [4.78, 5) is 25.3. The quantitative estimate of drug-likeness (QED) is 0.513. The maximum absolute atomic E-state index is 12.9. The molecule has 0 radical (unpaired) electrons. The minimum absolute atomic E-state index is 0.356. The Morgan fingerprint density at radius 1 is 0.800 bits per heavy atom. The molecule has 0 aliphatic rings. The largest absolute Gasteiger partial charge is 0.273 e. The second-order valence-electron chi connectivity index (χ2n) is 6.82. The average molecular weight is 396 g/mol. The summed E-state index contributed by atoms with van der Waals surface area (Å²) in [6.07, 6.45) is 1.66. The molecule has 4 rings (SSSR count). The zero-order valence-corrected chi connectivity index (χ0v) is 16.4. The zero-order valence-electron chi connectivity index (χ0n) is 16.4. The molecule has 3 aromatic carbocycles. The molecule has 1 aromatic heterocycles. The van der Waals surface area contributed by atoms with E-state index in [1.54, 1.807) is 29.1 Å². The van der Waals surface area contributed by atoms with Crippen LogP contribution >= 0.6 is 0 Å². The molecule has 0 aliphatic heterocycles. The van der Waals surface area contributed by atoms with Gasteiger partial charge in [-0.1, -0.05) is 66.2 Å². The minimum atomic E-state index is -0.447. The van der Waals surface area contributed by atoms with Crippen molar-refractivity contribution in [2.75, 3.05) is 0 Å². The summed E-state index contributed by atoms with van der Waals surface area (Å²) in [5.41, 5.74) is 8.93. The van der Waals surface area contributed by atoms with Crippen LogP contribution in [0.3, 0.4) is 0 Å². The van der Waals surface area contributed by atoms with Crippen LogP contribution in [0, 0.1) is 6.92 Å².